The third kappa shape index (κ3) is 13.6. The van der Waals surface area contributed by atoms with E-state index in [4.69, 9.17) is 21.3 Å². The molecule has 7 amide bonds. The molecule has 19 nitrogen and oxygen atoms in total. The van der Waals surface area contributed by atoms with Crippen LogP contribution in [0.25, 0.3) is 0 Å². The molecule has 1 aliphatic rings. The van der Waals surface area contributed by atoms with Crippen molar-refractivity contribution in [2.45, 2.75) is 88.7 Å². The molecule has 6 atom stereocenters. The summed E-state index contributed by atoms with van der Waals surface area (Å²) >= 11 is 0. The number of primary amides is 2. The number of amides is 7. The Morgan fingerprint density at radius 2 is 1.44 bits per heavy atom. The van der Waals surface area contributed by atoms with Crippen LogP contribution in [-0.4, -0.2) is 104 Å². The first-order chi connectivity index (χ1) is 25.3. The van der Waals surface area contributed by atoms with Crippen molar-refractivity contribution in [1.29, 1.82) is 0 Å². The van der Waals surface area contributed by atoms with Crippen molar-refractivity contribution in [2.24, 2.45) is 11.5 Å². The van der Waals surface area contributed by atoms with E-state index in [0.717, 1.165) is 0 Å². The Labute approximate surface area is 310 Å². The Balaban J connectivity index is 1.85. The monoisotopic (exact) mass is 775 g/mol. The number of phosphoric acid groups is 1. The van der Waals surface area contributed by atoms with Crippen molar-refractivity contribution in [1.82, 2.24) is 26.2 Å². The maximum absolute atomic E-state index is 14.2. The number of carbonyl (C=O) groups excluding carboxylic acids is 7. The molecule has 0 radical (unpaired) electrons. The number of benzene rings is 2. The first-order valence-corrected chi connectivity index (χ1v) is 18.5. The number of nitrogens with two attached hydrogens (primary N) is 2. The minimum Gasteiger partial charge on any atom is -0.404 e. The molecule has 3 rings (SSSR count). The van der Waals surface area contributed by atoms with Gasteiger partial charge in [-0.15, -0.1) is 0 Å². The summed E-state index contributed by atoms with van der Waals surface area (Å²) in [6.07, 6.45) is -1.49. The minimum atomic E-state index is -4.81. The molecule has 1 aliphatic heterocycles. The van der Waals surface area contributed by atoms with E-state index in [1.165, 1.54) is 43.0 Å². The fourth-order valence-electron chi connectivity index (χ4n) is 5.85. The molecule has 11 N–H and O–H groups in total. The van der Waals surface area contributed by atoms with Crippen molar-refractivity contribution in [3.8, 4) is 5.75 Å². The van der Waals surface area contributed by atoms with Gasteiger partial charge in [0.15, 0.2) is 0 Å². The van der Waals surface area contributed by atoms with Crippen LogP contribution in [0.3, 0.4) is 0 Å². The Kier molecular flexibility index (Phi) is 15.7. The summed E-state index contributed by atoms with van der Waals surface area (Å²) in [5.74, 6) is -5.54. The lowest BCUT2D eigenvalue weighted by Gasteiger charge is -2.31. The van der Waals surface area contributed by atoms with Crippen LogP contribution >= 0.6 is 7.82 Å². The van der Waals surface area contributed by atoms with E-state index in [2.05, 4.69) is 25.8 Å². The van der Waals surface area contributed by atoms with Gasteiger partial charge in [0.2, 0.25) is 41.4 Å². The van der Waals surface area contributed by atoms with Gasteiger partial charge in [-0.2, -0.15) is 0 Å². The molecule has 0 aromatic heterocycles. The van der Waals surface area contributed by atoms with Crippen molar-refractivity contribution in [3.63, 3.8) is 0 Å². The summed E-state index contributed by atoms with van der Waals surface area (Å²) in [5, 5.41) is 20.0. The van der Waals surface area contributed by atoms with Crippen LogP contribution in [0.5, 0.6) is 5.75 Å². The number of nitrogens with zero attached hydrogens (tertiary/aromatic N) is 1. The summed E-state index contributed by atoms with van der Waals surface area (Å²) in [7, 11) is -4.81. The average Bonchev–Trinajstić information content (AvgIpc) is 3.58. The molecule has 294 valence electrons. The lowest BCUT2D eigenvalue weighted by molar-refractivity contribution is -0.142. The summed E-state index contributed by atoms with van der Waals surface area (Å²) in [5.41, 5.74) is 11.7. The van der Waals surface area contributed by atoms with Gasteiger partial charge in [0.25, 0.3) is 0 Å². The maximum Gasteiger partial charge on any atom is 0.524 e. The minimum absolute atomic E-state index is 0.00501. The molecular formula is C34H46N7O12P. The van der Waals surface area contributed by atoms with Gasteiger partial charge < -0.3 is 47.3 Å². The SMILES string of the molecule is CC(=O)N[C@@H](Cc1ccc(OP(=O)(O)O)cc1)C(=O)N[C@@H](Cc1ccccc1)C(=O)N1CCC[C@H]1C(=O)N[C@@H](CCC(N)=O)C(=O)N[C@H](C(N)=O)[C@@H](C)O. The van der Waals surface area contributed by atoms with Crippen LogP contribution in [0.1, 0.15) is 50.7 Å². The van der Waals surface area contributed by atoms with Crippen LogP contribution in [0.4, 0.5) is 0 Å². The zero-order valence-electron chi connectivity index (χ0n) is 29.7. The number of aliphatic hydroxyl groups is 1. The van der Waals surface area contributed by atoms with Gasteiger partial charge in [-0.1, -0.05) is 42.5 Å². The molecule has 1 fully saturated rings. The van der Waals surface area contributed by atoms with Gasteiger partial charge in [0.05, 0.1) is 6.10 Å². The number of carbonyl (C=O) groups is 7. The van der Waals surface area contributed by atoms with E-state index >= 15 is 0 Å². The average molecular weight is 776 g/mol. The predicted octanol–water partition coefficient (Wildman–Crippen LogP) is -1.97. The van der Waals surface area contributed by atoms with Gasteiger partial charge >= 0.3 is 7.82 Å². The third-order valence-electron chi connectivity index (χ3n) is 8.42. The smallest absolute Gasteiger partial charge is 0.404 e. The van der Waals surface area contributed by atoms with Gasteiger partial charge in [0.1, 0.15) is 36.0 Å². The zero-order chi connectivity index (χ0) is 40.2. The molecule has 2 aromatic carbocycles. The second-order valence-corrected chi connectivity index (χ2v) is 14.0. The largest absolute Gasteiger partial charge is 0.524 e. The van der Waals surface area contributed by atoms with Crippen LogP contribution in [0.2, 0.25) is 0 Å². The van der Waals surface area contributed by atoms with Gasteiger partial charge in [0, 0.05) is 32.7 Å². The standard InChI is InChI=1S/C34H46N7O12P/c1-19(42)29(30(36)45)40-31(46)24(14-15-28(35)44)38-33(48)27-9-6-16-41(27)34(49)26(18-21-7-4-3-5-8-21)39-32(47)25(37-20(2)43)17-22-10-12-23(13-11-22)53-54(50,51)52/h3-5,7-8,10-13,19,24-27,29,42H,6,9,14-18H2,1-2H3,(H2,35,44)(H2,36,45)(H,37,43)(H,38,48)(H,39,47)(H,40,46)(H2,50,51,52)/t19-,24+,25+,26+,27+,29+/m1/s1. The highest BCUT2D eigenvalue weighted by atomic mass is 31.2. The topological polar surface area (TPSA) is 310 Å². The number of hydrogen-bond donors (Lipinski definition) is 9. The predicted molar refractivity (Wildman–Crippen MR) is 190 cm³/mol. The molecule has 0 spiro atoms. The number of rotatable bonds is 19. The second-order valence-electron chi connectivity index (χ2n) is 12.8. The van der Waals surface area contributed by atoms with Crippen LogP contribution in [0, 0.1) is 0 Å². The fraction of sp³-hybridized carbons (Fsp3) is 0.441. The summed E-state index contributed by atoms with van der Waals surface area (Å²) in [4.78, 5) is 110. The second kappa shape index (κ2) is 19.6. The third-order valence-corrected chi connectivity index (χ3v) is 8.86. The van der Waals surface area contributed by atoms with Gasteiger partial charge in [-0.25, -0.2) is 4.57 Å². The number of likely N-dealkylation sites (tertiary alicyclic amines) is 1. The van der Waals surface area contributed by atoms with Gasteiger partial charge in [-0.05, 0) is 49.4 Å². The van der Waals surface area contributed by atoms with E-state index in [0.29, 0.717) is 17.5 Å². The Hall–Kier alpha value is -5.36. The fourth-order valence-corrected chi connectivity index (χ4v) is 6.24. The first-order valence-electron chi connectivity index (χ1n) is 17.0. The van der Waals surface area contributed by atoms with E-state index in [1.54, 1.807) is 30.3 Å². The molecule has 20 heteroatoms. The molecular weight excluding hydrogens is 729 g/mol. The maximum atomic E-state index is 14.2. The summed E-state index contributed by atoms with van der Waals surface area (Å²) < 4.78 is 15.7. The van der Waals surface area contributed by atoms with E-state index in [1.807, 2.05) is 0 Å². The molecule has 0 aliphatic carbocycles. The summed E-state index contributed by atoms with van der Waals surface area (Å²) in [6, 6.07) is 7.72. The number of phosphoric ester groups is 1. The quantitative estimate of drug-likeness (QED) is 0.0702. The van der Waals surface area contributed by atoms with E-state index in [9.17, 15) is 43.2 Å². The normalized spacial score (nSPS) is 16.8. The molecule has 0 saturated carbocycles. The molecule has 2 aromatic rings. The van der Waals surface area contributed by atoms with Crippen LogP contribution < -0.4 is 37.3 Å². The zero-order valence-corrected chi connectivity index (χ0v) is 30.6. The summed E-state index contributed by atoms with van der Waals surface area (Å²) in [6.45, 7) is 2.54. The van der Waals surface area contributed by atoms with Crippen molar-refractivity contribution < 1.29 is 57.5 Å². The molecule has 0 bridgehead atoms. The lowest BCUT2D eigenvalue weighted by atomic mass is 10.0. The van der Waals surface area contributed by atoms with E-state index < -0.39 is 85.5 Å². The van der Waals surface area contributed by atoms with Crippen LogP contribution in [0.15, 0.2) is 54.6 Å². The number of nitrogens with one attached hydrogen (secondary N) is 4. The van der Waals surface area contributed by atoms with Crippen molar-refractivity contribution in [2.75, 3.05) is 6.54 Å². The highest BCUT2D eigenvalue weighted by Crippen LogP contribution is 2.37. The number of aliphatic hydroxyl groups excluding tert-OH is 1. The highest BCUT2D eigenvalue weighted by molar-refractivity contribution is 7.46. The number of hydrogen-bond acceptors (Lipinski definition) is 10. The van der Waals surface area contributed by atoms with Crippen LogP contribution in [-0.2, 0) is 51.0 Å². The Morgan fingerprint density at radius 1 is 0.852 bits per heavy atom. The Morgan fingerprint density at radius 3 is 2.00 bits per heavy atom. The lowest BCUT2D eigenvalue weighted by Crippen LogP contribution is -2.60. The first kappa shape index (κ1) is 43.0. The van der Waals surface area contributed by atoms with Crippen molar-refractivity contribution in [3.05, 3.63) is 65.7 Å². The molecule has 1 saturated heterocycles. The Bertz CT molecular complexity index is 1720. The molecule has 0 unspecified atom stereocenters. The molecule has 1 heterocycles. The highest BCUT2D eigenvalue weighted by Gasteiger charge is 2.40. The van der Waals surface area contributed by atoms with Crippen molar-refractivity contribution >= 4 is 49.2 Å². The van der Waals surface area contributed by atoms with Gasteiger partial charge in [-0.3, -0.25) is 43.3 Å². The van der Waals surface area contributed by atoms with E-state index in [-0.39, 0.29) is 44.4 Å². The molecule has 54 heavy (non-hydrogen) atoms.